The molecule has 0 aromatic rings. The molecule has 1 atom stereocenters. The van der Waals surface area contributed by atoms with Gasteiger partial charge in [-0.05, 0) is 6.92 Å². The Bertz CT molecular complexity index is 101. The van der Waals surface area contributed by atoms with Crippen LogP contribution in [-0.4, -0.2) is 12.0 Å². The average molecular weight is 115 g/mol. The maximum atomic E-state index is 10.1. The predicted octanol–water partition coefficient (Wildman–Crippen LogP) is 0.0203. The Labute approximate surface area is 48.1 Å². The van der Waals surface area contributed by atoms with E-state index in [2.05, 4.69) is 11.3 Å². The van der Waals surface area contributed by atoms with Gasteiger partial charge in [0.05, 0.1) is 6.26 Å². The molecule has 8 heavy (non-hydrogen) atoms. The quantitative estimate of drug-likeness (QED) is 0.527. The average Bonchev–Trinajstić information content (AvgIpc) is 1.67. The van der Waals surface area contributed by atoms with Crippen molar-refractivity contribution in [2.24, 2.45) is 5.73 Å². The molecule has 0 rings (SSSR count). The number of ether oxygens (including phenoxy) is 1. The Morgan fingerprint density at radius 2 is 2.50 bits per heavy atom. The minimum absolute atomic E-state index is 0.482. The Balaban J connectivity index is 3.46. The summed E-state index contributed by atoms with van der Waals surface area (Å²) in [5.41, 5.74) is 4.81. The van der Waals surface area contributed by atoms with E-state index in [1.807, 2.05) is 0 Å². The highest BCUT2D eigenvalue weighted by molar-refractivity contribution is 5.78. The van der Waals surface area contributed by atoms with E-state index in [0.717, 1.165) is 0 Å². The number of hydrogen-bond acceptors (Lipinski definition) is 2. The van der Waals surface area contributed by atoms with Gasteiger partial charge in [-0.1, -0.05) is 6.58 Å². The van der Waals surface area contributed by atoms with Crippen LogP contribution in [0.3, 0.4) is 0 Å². The van der Waals surface area contributed by atoms with Gasteiger partial charge in [-0.3, -0.25) is 4.79 Å². The van der Waals surface area contributed by atoms with Crippen LogP contribution in [0.15, 0.2) is 12.8 Å². The van der Waals surface area contributed by atoms with Gasteiger partial charge in [-0.25, -0.2) is 0 Å². The van der Waals surface area contributed by atoms with Crippen LogP contribution in [0.5, 0.6) is 0 Å². The number of primary amides is 1. The highest BCUT2D eigenvalue weighted by Gasteiger charge is 2.04. The molecule has 0 fully saturated rings. The molecule has 0 heterocycles. The number of carbonyl (C=O) groups excluding carboxylic acids is 1. The Morgan fingerprint density at radius 1 is 2.00 bits per heavy atom. The topological polar surface area (TPSA) is 52.3 Å². The summed E-state index contributed by atoms with van der Waals surface area (Å²) >= 11 is 0. The SMILES string of the molecule is C=COC(C)C(N)=O. The molecule has 0 aliphatic rings. The minimum atomic E-state index is -0.563. The summed E-state index contributed by atoms with van der Waals surface area (Å²) in [7, 11) is 0. The summed E-state index contributed by atoms with van der Waals surface area (Å²) in [4.78, 5) is 10.1. The lowest BCUT2D eigenvalue weighted by molar-refractivity contribution is -0.125. The van der Waals surface area contributed by atoms with E-state index >= 15 is 0 Å². The van der Waals surface area contributed by atoms with Crippen molar-refractivity contribution >= 4 is 5.91 Å². The molecule has 0 saturated heterocycles. The van der Waals surface area contributed by atoms with Crippen molar-refractivity contribution in [1.82, 2.24) is 0 Å². The molecule has 2 N–H and O–H groups in total. The molecule has 0 aliphatic heterocycles. The van der Waals surface area contributed by atoms with Crippen molar-refractivity contribution in [1.29, 1.82) is 0 Å². The highest BCUT2D eigenvalue weighted by atomic mass is 16.5. The van der Waals surface area contributed by atoms with E-state index in [9.17, 15) is 4.79 Å². The van der Waals surface area contributed by atoms with Gasteiger partial charge in [-0.2, -0.15) is 0 Å². The second-order valence-corrected chi connectivity index (χ2v) is 1.35. The lowest BCUT2D eigenvalue weighted by Crippen LogP contribution is -2.26. The molecule has 0 saturated carbocycles. The summed E-state index contributed by atoms with van der Waals surface area (Å²) in [5, 5.41) is 0. The number of carbonyl (C=O) groups is 1. The summed E-state index contributed by atoms with van der Waals surface area (Å²) in [6.45, 7) is 4.81. The fourth-order valence-electron chi connectivity index (χ4n) is 0.211. The van der Waals surface area contributed by atoms with Gasteiger partial charge in [0.15, 0.2) is 6.10 Å². The molecular weight excluding hydrogens is 106 g/mol. The standard InChI is InChI=1S/C5H9NO2/c1-3-8-4(2)5(6)7/h3-4H,1H2,2H3,(H2,6,7). The molecule has 0 aromatic carbocycles. The van der Waals surface area contributed by atoms with E-state index in [1.54, 1.807) is 6.92 Å². The molecule has 3 nitrogen and oxygen atoms in total. The third-order valence-electron chi connectivity index (χ3n) is 0.701. The van der Waals surface area contributed by atoms with Crippen LogP contribution >= 0.6 is 0 Å². The third-order valence-corrected chi connectivity index (χ3v) is 0.701. The molecule has 1 unspecified atom stereocenters. The number of amides is 1. The third kappa shape index (κ3) is 2.23. The summed E-state index contributed by atoms with van der Waals surface area (Å²) < 4.78 is 4.59. The van der Waals surface area contributed by atoms with Gasteiger partial charge in [0, 0.05) is 0 Å². The molecule has 0 spiro atoms. The molecule has 0 aliphatic carbocycles. The van der Waals surface area contributed by atoms with Crippen LogP contribution in [0.2, 0.25) is 0 Å². The van der Waals surface area contributed by atoms with Gasteiger partial charge in [-0.15, -0.1) is 0 Å². The van der Waals surface area contributed by atoms with E-state index in [0.29, 0.717) is 0 Å². The molecule has 0 radical (unpaired) electrons. The van der Waals surface area contributed by atoms with E-state index in [-0.39, 0.29) is 0 Å². The molecule has 3 heteroatoms. The largest absolute Gasteiger partial charge is 0.489 e. The Hall–Kier alpha value is -0.990. The fourth-order valence-corrected chi connectivity index (χ4v) is 0.211. The van der Waals surface area contributed by atoms with Crippen LogP contribution in [0, 0.1) is 0 Å². The van der Waals surface area contributed by atoms with Crippen molar-refractivity contribution < 1.29 is 9.53 Å². The van der Waals surface area contributed by atoms with E-state index < -0.39 is 12.0 Å². The van der Waals surface area contributed by atoms with Gasteiger partial charge >= 0.3 is 0 Å². The maximum Gasteiger partial charge on any atom is 0.258 e. The summed E-state index contributed by atoms with van der Waals surface area (Å²) in [6, 6.07) is 0. The Morgan fingerprint density at radius 3 is 2.62 bits per heavy atom. The second-order valence-electron chi connectivity index (χ2n) is 1.35. The van der Waals surface area contributed by atoms with E-state index in [1.165, 1.54) is 6.26 Å². The van der Waals surface area contributed by atoms with Crippen LogP contribution in [0.1, 0.15) is 6.92 Å². The predicted molar refractivity (Wildman–Crippen MR) is 29.9 cm³/mol. The number of hydrogen-bond donors (Lipinski definition) is 1. The molecular formula is C5H9NO2. The zero-order chi connectivity index (χ0) is 6.57. The van der Waals surface area contributed by atoms with Crippen LogP contribution in [0.25, 0.3) is 0 Å². The molecule has 46 valence electrons. The van der Waals surface area contributed by atoms with Crippen molar-refractivity contribution in [3.63, 3.8) is 0 Å². The van der Waals surface area contributed by atoms with E-state index in [4.69, 9.17) is 5.73 Å². The smallest absolute Gasteiger partial charge is 0.258 e. The van der Waals surface area contributed by atoms with Crippen LogP contribution in [0.4, 0.5) is 0 Å². The van der Waals surface area contributed by atoms with Gasteiger partial charge < -0.3 is 10.5 Å². The molecule has 0 bridgehead atoms. The lowest BCUT2D eigenvalue weighted by Gasteiger charge is -2.03. The van der Waals surface area contributed by atoms with Gasteiger partial charge in [0.2, 0.25) is 0 Å². The lowest BCUT2D eigenvalue weighted by atomic mass is 10.4. The first-order chi connectivity index (χ1) is 3.68. The second kappa shape index (κ2) is 3.07. The van der Waals surface area contributed by atoms with Crippen molar-refractivity contribution in [2.75, 3.05) is 0 Å². The first kappa shape index (κ1) is 7.01. The normalized spacial score (nSPS) is 12.1. The van der Waals surface area contributed by atoms with Crippen LogP contribution < -0.4 is 5.73 Å². The number of rotatable bonds is 3. The van der Waals surface area contributed by atoms with Gasteiger partial charge in [0.25, 0.3) is 5.91 Å². The minimum Gasteiger partial charge on any atom is -0.489 e. The first-order valence-corrected chi connectivity index (χ1v) is 2.24. The van der Waals surface area contributed by atoms with Crippen molar-refractivity contribution in [3.05, 3.63) is 12.8 Å². The fraction of sp³-hybridized carbons (Fsp3) is 0.400. The molecule has 0 aromatic heterocycles. The Kier molecular flexibility index (Phi) is 2.69. The maximum absolute atomic E-state index is 10.1. The zero-order valence-electron chi connectivity index (χ0n) is 4.76. The number of nitrogens with two attached hydrogens (primary N) is 1. The van der Waals surface area contributed by atoms with Crippen molar-refractivity contribution in [3.8, 4) is 0 Å². The molecule has 1 amide bonds. The zero-order valence-corrected chi connectivity index (χ0v) is 4.76. The van der Waals surface area contributed by atoms with Crippen LogP contribution in [-0.2, 0) is 9.53 Å². The highest BCUT2D eigenvalue weighted by Crippen LogP contribution is 1.86. The van der Waals surface area contributed by atoms with Crippen molar-refractivity contribution in [2.45, 2.75) is 13.0 Å². The summed E-state index contributed by atoms with van der Waals surface area (Å²) in [5.74, 6) is -0.482. The summed E-state index contributed by atoms with van der Waals surface area (Å²) in [6.07, 6.45) is 0.627. The first-order valence-electron chi connectivity index (χ1n) is 2.24. The monoisotopic (exact) mass is 115 g/mol. The van der Waals surface area contributed by atoms with Gasteiger partial charge in [0.1, 0.15) is 0 Å².